The minimum atomic E-state index is 0.0347. The second kappa shape index (κ2) is 6.52. The summed E-state index contributed by atoms with van der Waals surface area (Å²) in [6, 6.07) is 1.87. The molecule has 1 aromatic carbocycles. The van der Waals surface area contributed by atoms with Crippen LogP contribution in [0.3, 0.4) is 0 Å². The summed E-state index contributed by atoms with van der Waals surface area (Å²) < 4.78 is 5.33. The number of rotatable bonds is 6. The number of nitrogens with one attached hydrogen (secondary N) is 1. The van der Waals surface area contributed by atoms with Crippen LogP contribution in [0.25, 0.3) is 0 Å². The Labute approximate surface area is 108 Å². The molecule has 100 valence electrons. The smallest absolute Gasteiger partial charge is 0.176 e. The maximum atomic E-state index is 12.1. The summed E-state index contributed by atoms with van der Waals surface area (Å²) in [6.07, 6.45) is 0. The molecule has 0 aliphatic carbocycles. The molecule has 0 radical (unpaired) electrons. The lowest BCUT2D eigenvalue weighted by molar-refractivity contribution is 0.0989. The van der Waals surface area contributed by atoms with Crippen molar-refractivity contribution in [2.24, 2.45) is 0 Å². The van der Waals surface area contributed by atoms with Crippen LogP contribution in [0.4, 0.5) is 0 Å². The molecule has 18 heavy (non-hydrogen) atoms. The van der Waals surface area contributed by atoms with E-state index in [1.807, 2.05) is 26.8 Å². The molecule has 0 atom stereocenters. The van der Waals surface area contributed by atoms with Gasteiger partial charge < -0.3 is 15.2 Å². The summed E-state index contributed by atoms with van der Waals surface area (Å²) in [7, 11) is 1.64. The van der Waals surface area contributed by atoms with E-state index in [1.165, 1.54) is 0 Å². The highest BCUT2D eigenvalue weighted by atomic mass is 16.5. The van der Waals surface area contributed by atoms with Crippen LogP contribution in [-0.2, 0) is 0 Å². The number of ketones is 1. The van der Waals surface area contributed by atoms with Crippen molar-refractivity contribution in [3.8, 4) is 5.75 Å². The fraction of sp³-hybridized carbons (Fsp3) is 0.500. The number of hydrogen-bond acceptors (Lipinski definition) is 4. The molecule has 0 amide bonds. The van der Waals surface area contributed by atoms with E-state index in [0.717, 1.165) is 28.0 Å². The second-order valence-corrected chi connectivity index (χ2v) is 4.35. The maximum Gasteiger partial charge on any atom is 0.176 e. The summed E-state index contributed by atoms with van der Waals surface area (Å²) in [5.74, 6) is 0.877. The Morgan fingerprint density at radius 3 is 2.56 bits per heavy atom. The van der Waals surface area contributed by atoms with Gasteiger partial charge in [-0.15, -0.1) is 0 Å². The van der Waals surface area contributed by atoms with E-state index in [0.29, 0.717) is 6.54 Å². The van der Waals surface area contributed by atoms with E-state index in [2.05, 4.69) is 5.32 Å². The van der Waals surface area contributed by atoms with Crippen molar-refractivity contribution < 1.29 is 14.6 Å². The summed E-state index contributed by atoms with van der Waals surface area (Å²) in [4.78, 5) is 12.1. The zero-order chi connectivity index (χ0) is 13.7. The largest absolute Gasteiger partial charge is 0.496 e. The lowest BCUT2D eigenvalue weighted by atomic mass is 9.96. The third-order valence-corrected chi connectivity index (χ3v) is 3.10. The normalized spacial score (nSPS) is 10.5. The summed E-state index contributed by atoms with van der Waals surface area (Å²) in [6.45, 7) is 6.53. The number of aliphatic hydroxyl groups is 1. The number of carbonyl (C=O) groups is 1. The Kier molecular flexibility index (Phi) is 5.31. The first-order valence-corrected chi connectivity index (χ1v) is 6.02. The van der Waals surface area contributed by atoms with E-state index >= 15 is 0 Å². The highest BCUT2D eigenvalue weighted by Crippen LogP contribution is 2.28. The maximum absolute atomic E-state index is 12.1. The average Bonchev–Trinajstić information content (AvgIpc) is 2.34. The predicted molar refractivity (Wildman–Crippen MR) is 71.5 cm³/mol. The first-order chi connectivity index (χ1) is 8.52. The number of aryl methyl sites for hydroxylation is 1. The van der Waals surface area contributed by atoms with Crippen molar-refractivity contribution in [3.05, 3.63) is 28.3 Å². The molecule has 0 aromatic heterocycles. The topological polar surface area (TPSA) is 58.6 Å². The van der Waals surface area contributed by atoms with Crippen molar-refractivity contribution in [2.75, 3.05) is 26.8 Å². The molecule has 0 fully saturated rings. The molecule has 2 N–H and O–H groups in total. The van der Waals surface area contributed by atoms with Crippen molar-refractivity contribution in [3.63, 3.8) is 0 Å². The van der Waals surface area contributed by atoms with Crippen molar-refractivity contribution in [1.82, 2.24) is 5.32 Å². The van der Waals surface area contributed by atoms with Gasteiger partial charge in [0.15, 0.2) is 5.78 Å². The fourth-order valence-corrected chi connectivity index (χ4v) is 2.04. The molecule has 0 heterocycles. The molecular formula is C14H21NO3. The quantitative estimate of drug-likeness (QED) is 0.592. The van der Waals surface area contributed by atoms with Crippen molar-refractivity contribution >= 4 is 5.78 Å². The number of benzene rings is 1. The van der Waals surface area contributed by atoms with E-state index in [1.54, 1.807) is 7.11 Å². The number of aliphatic hydroxyl groups excluding tert-OH is 1. The molecule has 4 nitrogen and oxygen atoms in total. The van der Waals surface area contributed by atoms with Crippen LogP contribution in [0.5, 0.6) is 5.75 Å². The van der Waals surface area contributed by atoms with Gasteiger partial charge in [-0.1, -0.05) is 0 Å². The molecule has 0 aliphatic rings. The van der Waals surface area contributed by atoms with E-state index in [-0.39, 0.29) is 18.9 Å². The highest BCUT2D eigenvalue weighted by Gasteiger charge is 2.15. The monoisotopic (exact) mass is 251 g/mol. The van der Waals surface area contributed by atoms with Gasteiger partial charge in [0, 0.05) is 12.1 Å². The Bertz CT molecular complexity index is 441. The van der Waals surface area contributed by atoms with Crippen LogP contribution in [0.15, 0.2) is 6.07 Å². The number of hydrogen-bond donors (Lipinski definition) is 2. The zero-order valence-electron chi connectivity index (χ0n) is 11.5. The van der Waals surface area contributed by atoms with E-state index in [9.17, 15) is 4.79 Å². The van der Waals surface area contributed by atoms with Gasteiger partial charge in [0.2, 0.25) is 0 Å². The van der Waals surface area contributed by atoms with Gasteiger partial charge in [0.1, 0.15) is 5.75 Å². The molecule has 0 unspecified atom stereocenters. The minimum absolute atomic E-state index is 0.0347. The molecule has 0 spiro atoms. The molecule has 0 aliphatic heterocycles. The van der Waals surface area contributed by atoms with E-state index < -0.39 is 0 Å². The molecule has 1 aromatic rings. The van der Waals surface area contributed by atoms with Gasteiger partial charge in [-0.25, -0.2) is 0 Å². The van der Waals surface area contributed by atoms with Crippen LogP contribution in [0.1, 0.15) is 27.0 Å². The number of Topliss-reactive ketones (excluding diaryl/α,β-unsaturated/α-hetero) is 1. The van der Waals surface area contributed by atoms with Crippen LogP contribution in [-0.4, -0.2) is 37.7 Å². The number of ether oxygens (including phenoxy) is 1. The SMILES string of the molecule is COc1c(C)cc(C(=O)CNCCO)c(C)c1C. The Morgan fingerprint density at radius 1 is 1.33 bits per heavy atom. The number of methoxy groups -OCH3 is 1. The van der Waals surface area contributed by atoms with Gasteiger partial charge >= 0.3 is 0 Å². The Hall–Kier alpha value is -1.39. The van der Waals surface area contributed by atoms with E-state index in [4.69, 9.17) is 9.84 Å². The third-order valence-electron chi connectivity index (χ3n) is 3.10. The minimum Gasteiger partial charge on any atom is -0.496 e. The second-order valence-electron chi connectivity index (χ2n) is 4.35. The van der Waals surface area contributed by atoms with Gasteiger partial charge in [0.05, 0.1) is 20.3 Å². The fourth-order valence-electron chi connectivity index (χ4n) is 2.04. The summed E-state index contributed by atoms with van der Waals surface area (Å²) in [5, 5.41) is 11.6. The molecule has 4 heteroatoms. The van der Waals surface area contributed by atoms with Gasteiger partial charge in [-0.2, -0.15) is 0 Å². The van der Waals surface area contributed by atoms with Crippen LogP contribution >= 0.6 is 0 Å². The lowest BCUT2D eigenvalue weighted by Gasteiger charge is -2.15. The third kappa shape index (κ3) is 3.09. The first-order valence-electron chi connectivity index (χ1n) is 6.02. The first kappa shape index (κ1) is 14.7. The Morgan fingerprint density at radius 2 is 2.00 bits per heavy atom. The lowest BCUT2D eigenvalue weighted by Crippen LogP contribution is -2.26. The van der Waals surface area contributed by atoms with Gasteiger partial charge in [-0.05, 0) is 43.5 Å². The molecule has 0 bridgehead atoms. The Balaban J connectivity index is 3.00. The van der Waals surface area contributed by atoms with Crippen molar-refractivity contribution in [2.45, 2.75) is 20.8 Å². The zero-order valence-corrected chi connectivity index (χ0v) is 11.5. The standard InChI is InChI=1S/C14H21NO3/c1-9-7-12(13(17)8-15-5-6-16)10(2)11(3)14(9)18-4/h7,15-16H,5-6,8H2,1-4H3. The molecule has 0 saturated carbocycles. The van der Waals surface area contributed by atoms with Gasteiger partial charge in [-0.3, -0.25) is 4.79 Å². The predicted octanol–water partition coefficient (Wildman–Crippen LogP) is 1.39. The average molecular weight is 251 g/mol. The van der Waals surface area contributed by atoms with Gasteiger partial charge in [0.25, 0.3) is 0 Å². The van der Waals surface area contributed by atoms with Crippen LogP contribution in [0.2, 0.25) is 0 Å². The highest BCUT2D eigenvalue weighted by molar-refractivity contribution is 5.99. The summed E-state index contributed by atoms with van der Waals surface area (Å²) in [5.41, 5.74) is 3.64. The summed E-state index contributed by atoms with van der Waals surface area (Å²) >= 11 is 0. The molecule has 0 saturated heterocycles. The number of carbonyl (C=O) groups excluding carboxylic acids is 1. The van der Waals surface area contributed by atoms with Crippen LogP contribution in [0, 0.1) is 20.8 Å². The van der Waals surface area contributed by atoms with Crippen molar-refractivity contribution in [1.29, 1.82) is 0 Å². The molecule has 1 rings (SSSR count). The van der Waals surface area contributed by atoms with Crippen LogP contribution < -0.4 is 10.1 Å². The molecular weight excluding hydrogens is 230 g/mol.